The van der Waals surface area contributed by atoms with Gasteiger partial charge < -0.3 is 0 Å². The molecule has 66 valence electrons. The zero-order valence-corrected chi connectivity index (χ0v) is 9.54. The Kier molecular flexibility index (Phi) is 2.41. The lowest BCUT2D eigenvalue weighted by Gasteiger charge is -1.90. The largest absolute Gasteiger partial charge is 0.298 e. The molecule has 2 aromatic rings. The Labute approximate surface area is 92.5 Å². The van der Waals surface area contributed by atoms with Gasteiger partial charge in [0.1, 0.15) is 0 Å². The van der Waals surface area contributed by atoms with Crippen LogP contribution in [0.15, 0.2) is 22.0 Å². The first-order chi connectivity index (χ1) is 6.22. The second kappa shape index (κ2) is 3.40. The minimum atomic E-state index is 0.693. The Balaban J connectivity index is 2.86. The molecule has 0 saturated heterocycles. The summed E-state index contributed by atoms with van der Waals surface area (Å²) in [6.45, 7) is 0. The summed E-state index contributed by atoms with van der Waals surface area (Å²) in [7, 11) is 0. The van der Waals surface area contributed by atoms with E-state index < -0.39 is 0 Å². The van der Waals surface area contributed by atoms with Gasteiger partial charge in [-0.3, -0.25) is 4.79 Å². The molecule has 0 N–H and O–H groups in total. The number of aldehydes is 1. The van der Waals surface area contributed by atoms with Crippen molar-refractivity contribution in [3.05, 3.63) is 32.6 Å². The summed E-state index contributed by atoms with van der Waals surface area (Å²) in [5.41, 5.74) is 0.705. The van der Waals surface area contributed by atoms with Crippen LogP contribution in [-0.4, -0.2) is 6.29 Å². The first-order valence-electron chi connectivity index (χ1n) is 3.55. The topological polar surface area (TPSA) is 17.1 Å². The lowest BCUT2D eigenvalue weighted by molar-refractivity contribution is 0.112. The summed E-state index contributed by atoms with van der Waals surface area (Å²) in [5.74, 6) is 0. The van der Waals surface area contributed by atoms with E-state index >= 15 is 0 Å². The molecule has 0 fully saturated rings. The highest BCUT2D eigenvalue weighted by atomic mass is 79.9. The molecule has 0 saturated carbocycles. The van der Waals surface area contributed by atoms with E-state index in [1.54, 1.807) is 6.07 Å². The Morgan fingerprint density at radius 2 is 2.23 bits per heavy atom. The zero-order valence-electron chi connectivity index (χ0n) is 6.38. The minimum absolute atomic E-state index is 0.693. The molecule has 0 aliphatic heterocycles. The van der Waals surface area contributed by atoms with Gasteiger partial charge in [-0.1, -0.05) is 17.7 Å². The van der Waals surface area contributed by atoms with E-state index in [-0.39, 0.29) is 0 Å². The van der Waals surface area contributed by atoms with Crippen molar-refractivity contribution in [1.29, 1.82) is 0 Å². The number of hydrogen-bond donors (Lipinski definition) is 0. The smallest absolute Gasteiger partial charge is 0.152 e. The molecule has 0 amide bonds. The number of fused-ring (bicyclic) bond motifs is 1. The maximum Gasteiger partial charge on any atom is 0.152 e. The van der Waals surface area contributed by atoms with Crippen LogP contribution in [0.2, 0.25) is 5.02 Å². The molecule has 4 heteroatoms. The number of carbonyl (C=O) groups is 1. The van der Waals surface area contributed by atoms with Gasteiger partial charge >= 0.3 is 0 Å². The van der Waals surface area contributed by atoms with Crippen LogP contribution in [0.5, 0.6) is 0 Å². The average Bonchev–Trinajstić information content (AvgIpc) is 2.39. The summed E-state index contributed by atoms with van der Waals surface area (Å²) in [5, 5.41) is 1.65. The van der Waals surface area contributed by atoms with Crippen molar-refractivity contribution in [1.82, 2.24) is 0 Å². The predicted octanol–water partition coefficient (Wildman–Crippen LogP) is 4.13. The second-order valence-corrected chi connectivity index (χ2v) is 5.35. The summed E-state index contributed by atoms with van der Waals surface area (Å²) >= 11 is 10.7. The molecule has 0 spiro atoms. The standard InChI is InChI=1S/C9H4BrClOS/c10-9-7(4-12)6-2-1-5(11)3-8(6)13-9/h1-4H. The average molecular weight is 276 g/mol. The van der Waals surface area contributed by atoms with Crippen LogP contribution in [0.3, 0.4) is 0 Å². The fourth-order valence-electron chi connectivity index (χ4n) is 1.17. The predicted molar refractivity (Wildman–Crippen MR) is 59.9 cm³/mol. The molecular formula is C9H4BrClOS. The summed E-state index contributed by atoms with van der Waals surface area (Å²) in [6, 6.07) is 5.51. The lowest BCUT2D eigenvalue weighted by Crippen LogP contribution is -1.75. The molecular weight excluding hydrogens is 272 g/mol. The highest BCUT2D eigenvalue weighted by Gasteiger charge is 2.08. The van der Waals surface area contributed by atoms with Crippen molar-refractivity contribution in [3.63, 3.8) is 0 Å². The van der Waals surface area contributed by atoms with E-state index in [1.807, 2.05) is 12.1 Å². The van der Waals surface area contributed by atoms with Gasteiger partial charge in [0, 0.05) is 20.7 Å². The van der Waals surface area contributed by atoms with Gasteiger partial charge in [-0.2, -0.15) is 0 Å². The summed E-state index contributed by atoms with van der Waals surface area (Å²) in [4.78, 5) is 10.7. The SMILES string of the molecule is O=Cc1c(Br)sc2cc(Cl)ccc12. The Morgan fingerprint density at radius 3 is 2.92 bits per heavy atom. The maximum absolute atomic E-state index is 10.7. The van der Waals surface area contributed by atoms with Crippen LogP contribution < -0.4 is 0 Å². The van der Waals surface area contributed by atoms with Gasteiger partial charge in [0.2, 0.25) is 0 Å². The third kappa shape index (κ3) is 1.52. The van der Waals surface area contributed by atoms with Crippen molar-refractivity contribution in [3.8, 4) is 0 Å². The fraction of sp³-hybridized carbons (Fsp3) is 0. The van der Waals surface area contributed by atoms with Crippen LogP contribution in [0.4, 0.5) is 0 Å². The summed E-state index contributed by atoms with van der Waals surface area (Å²) < 4.78 is 1.89. The van der Waals surface area contributed by atoms with Crippen molar-refractivity contribution < 1.29 is 4.79 Å². The molecule has 1 aromatic carbocycles. The minimum Gasteiger partial charge on any atom is -0.298 e. The second-order valence-electron chi connectivity index (χ2n) is 2.55. The van der Waals surface area contributed by atoms with Gasteiger partial charge in [-0.15, -0.1) is 11.3 Å². The van der Waals surface area contributed by atoms with E-state index in [2.05, 4.69) is 15.9 Å². The van der Waals surface area contributed by atoms with E-state index in [1.165, 1.54) is 11.3 Å². The number of hydrogen-bond acceptors (Lipinski definition) is 2. The van der Waals surface area contributed by atoms with Gasteiger partial charge in [0.25, 0.3) is 0 Å². The molecule has 0 bridgehead atoms. The molecule has 1 nitrogen and oxygen atoms in total. The molecule has 0 aliphatic carbocycles. The molecule has 0 radical (unpaired) electrons. The normalized spacial score (nSPS) is 10.6. The Hall–Kier alpha value is -0.380. The quantitative estimate of drug-likeness (QED) is 0.715. The monoisotopic (exact) mass is 274 g/mol. The maximum atomic E-state index is 10.7. The summed E-state index contributed by atoms with van der Waals surface area (Å²) in [6.07, 6.45) is 0.858. The molecule has 0 atom stereocenters. The highest BCUT2D eigenvalue weighted by molar-refractivity contribution is 9.11. The van der Waals surface area contributed by atoms with Crippen LogP contribution in [0, 0.1) is 0 Å². The van der Waals surface area contributed by atoms with Crippen LogP contribution >= 0.6 is 38.9 Å². The number of rotatable bonds is 1. The number of halogens is 2. The van der Waals surface area contributed by atoms with Crippen molar-refractivity contribution in [2.24, 2.45) is 0 Å². The molecule has 1 heterocycles. The van der Waals surface area contributed by atoms with Gasteiger partial charge in [-0.25, -0.2) is 0 Å². The molecule has 1 aromatic heterocycles. The first-order valence-corrected chi connectivity index (χ1v) is 5.54. The lowest BCUT2D eigenvalue weighted by atomic mass is 10.2. The van der Waals surface area contributed by atoms with Gasteiger partial charge in [0.05, 0.1) is 3.79 Å². The number of thiophene rings is 1. The van der Waals surface area contributed by atoms with Crippen molar-refractivity contribution in [2.75, 3.05) is 0 Å². The van der Waals surface area contributed by atoms with Crippen LogP contribution in [-0.2, 0) is 0 Å². The van der Waals surface area contributed by atoms with E-state index in [0.717, 1.165) is 20.2 Å². The third-order valence-electron chi connectivity index (χ3n) is 1.76. The van der Waals surface area contributed by atoms with Gasteiger partial charge in [0.15, 0.2) is 6.29 Å². The van der Waals surface area contributed by atoms with E-state index in [9.17, 15) is 4.79 Å². The first kappa shape index (κ1) is 9.19. The molecule has 0 unspecified atom stereocenters. The Morgan fingerprint density at radius 1 is 1.46 bits per heavy atom. The van der Waals surface area contributed by atoms with Gasteiger partial charge in [-0.05, 0) is 28.1 Å². The van der Waals surface area contributed by atoms with Crippen LogP contribution in [0.1, 0.15) is 10.4 Å². The van der Waals surface area contributed by atoms with Crippen molar-refractivity contribution >= 4 is 55.2 Å². The van der Waals surface area contributed by atoms with E-state index in [0.29, 0.717) is 10.6 Å². The van der Waals surface area contributed by atoms with Crippen molar-refractivity contribution in [2.45, 2.75) is 0 Å². The van der Waals surface area contributed by atoms with E-state index in [4.69, 9.17) is 11.6 Å². The highest BCUT2D eigenvalue weighted by Crippen LogP contribution is 2.35. The molecule has 2 rings (SSSR count). The molecule has 13 heavy (non-hydrogen) atoms. The zero-order chi connectivity index (χ0) is 9.42. The fourth-order valence-corrected chi connectivity index (χ4v) is 3.17. The third-order valence-corrected chi connectivity index (χ3v) is 3.87. The Bertz CT molecular complexity index is 478. The van der Waals surface area contributed by atoms with Crippen LogP contribution in [0.25, 0.3) is 10.1 Å². The number of benzene rings is 1. The molecule has 0 aliphatic rings. The number of carbonyl (C=O) groups excluding carboxylic acids is 1.